The van der Waals surface area contributed by atoms with Crippen molar-refractivity contribution in [1.82, 2.24) is 15.0 Å². The zero-order valence-corrected chi connectivity index (χ0v) is 23.7. The van der Waals surface area contributed by atoms with Gasteiger partial charge in [0.25, 0.3) is 0 Å². The first-order chi connectivity index (χ1) is 19.2. The summed E-state index contributed by atoms with van der Waals surface area (Å²) >= 11 is 1.50. The molecule has 2 atom stereocenters. The third-order valence-corrected chi connectivity index (χ3v) is 9.33. The fraction of sp³-hybridized carbons (Fsp3) is 0.679. The minimum atomic E-state index is -0.144. The topological polar surface area (TPSA) is 102 Å². The Morgan fingerprint density at radius 2 is 1.92 bits per heavy atom. The zero-order chi connectivity index (χ0) is 26.8. The van der Waals surface area contributed by atoms with Gasteiger partial charge in [0.2, 0.25) is 0 Å². The van der Waals surface area contributed by atoms with Crippen molar-refractivity contribution in [1.29, 1.82) is 0 Å². The second kappa shape index (κ2) is 11.7. The normalized spacial score (nSPS) is 25.4. The van der Waals surface area contributed by atoms with Crippen molar-refractivity contribution in [3.8, 4) is 5.75 Å². The Labute approximate surface area is 234 Å². The SMILES string of the molecule is CC.OCc1nc(Sc2ccnc3c2OCC2CC(OC4COC4)CN32)cnc1N1CCC2(CCOC2)CC1. The Hall–Kier alpha value is -2.18. The molecule has 2 aromatic rings. The van der Waals surface area contributed by atoms with Crippen molar-refractivity contribution >= 4 is 23.4 Å². The van der Waals surface area contributed by atoms with Crippen LogP contribution in [-0.4, -0.2) is 91.0 Å². The molecule has 0 radical (unpaired) electrons. The number of aliphatic hydroxyl groups excluding tert-OH is 1. The van der Waals surface area contributed by atoms with E-state index >= 15 is 0 Å². The van der Waals surface area contributed by atoms with Gasteiger partial charge in [-0.3, -0.25) is 0 Å². The average Bonchev–Trinajstić information content (AvgIpc) is 3.59. The third kappa shape index (κ3) is 5.44. The minimum absolute atomic E-state index is 0.144. The molecule has 10 nitrogen and oxygen atoms in total. The molecule has 0 saturated carbocycles. The monoisotopic (exact) mass is 557 g/mol. The van der Waals surface area contributed by atoms with Crippen LogP contribution >= 0.6 is 11.8 Å². The number of piperidine rings is 1. The summed E-state index contributed by atoms with van der Waals surface area (Å²) in [6.07, 6.45) is 8.28. The number of ether oxygens (including phenoxy) is 4. The van der Waals surface area contributed by atoms with Crippen LogP contribution < -0.4 is 14.5 Å². The quantitative estimate of drug-likeness (QED) is 0.566. The smallest absolute Gasteiger partial charge is 0.175 e. The summed E-state index contributed by atoms with van der Waals surface area (Å²) in [4.78, 5) is 19.7. The van der Waals surface area contributed by atoms with Crippen molar-refractivity contribution in [2.24, 2.45) is 5.41 Å². The van der Waals surface area contributed by atoms with Crippen LogP contribution in [0.2, 0.25) is 0 Å². The molecule has 0 aromatic carbocycles. The molecule has 4 fully saturated rings. The molecule has 2 aromatic heterocycles. The molecule has 5 aliphatic rings. The maximum atomic E-state index is 10.1. The molecule has 1 spiro atoms. The van der Waals surface area contributed by atoms with Crippen molar-refractivity contribution in [3.63, 3.8) is 0 Å². The molecule has 7 heterocycles. The maximum Gasteiger partial charge on any atom is 0.175 e. The van der Waals surface area contributed by atoms with Crippen LogP contribution in [-0.2, 0) is 20.8 Å². The van der Waals surface area contributed by atoms with Crippen molar-refractivity contribution in [2.75, 3.05) is 62.5 Å². The molecule has 7 rings (SSSR count). The molecule has 11 heteroatoms. The van der Waals surface area contributed by atoms with Crippen molar-refractivity contribution in [2.45, 2.75) is 74.3 Å². The van der Waals surface area contributed by atoms with E-state index in [0.29, 0.717) is 30.9 Å². The van der Waals surface area contributed by atoms with E-state index in [4.69, 9.17) is 28.9 Å². The van der Waals surface area contributed by atoms with Crippen LogP contribution in [0.1, 0.15) is 45.2 Å². The van der Waals surface area contributed by atoms with Gasteiger partial charge < -0.3 is 33.9 Å². The van der Waals surface area contributed by atoms with E-state index in [2.05, 4.69) is 14.8 Å². The van der Waals surface area contributed by atoms with Crippen LogP contribution in [0.4, 0.5) is 11.6 Å². The molecule has 0 bridgehead atoms. The lowest BCUT2D eigenvalue weighted by molar-refractivity contribution is -0.150. The molecule has 1 N–H and O–H groups in total. The number of fused-ring (bicyclic) bond motifs is 3. The predicted octanol–water partition coefficient (Wildman–Crippen LogP) is 3.30. The number of anilines is 2. The summed E-state index contributed by atoms with van der Waals surface area (Å²) in [5.41, 5.74) is 0.943. The molecule has 2 unspecified atom stereocenters. The highest BCUT2D eigenvalue weighted by Crippen LogP contribution is 2.45. The van der Waals surface area contributed by atoms with E-state index in [0.717, 1.165) is 85.8 Å². The number of pyridine rings is 1. The van der Waals surface area contributed by atoms with Gasteiger partial charge in [0.1, 0.15) is 23.4 Å². The highest BCUT2D eigenvalue weighted by Gasteiger charge is 2.41. The lowest BCUT2D eigenvalue weighted by Crippen LogP contribution is -2.41. The zero-order valence-electron chi connectivity index (χ0n) is 22.9. The maximum absolute atomic E-state index is 10.1. The Balaban J connectivity index is 0.00000135. The lowest BCUT2D eigenvalue weighted by atomic mass is 9.78. The van der Waals surface area contributed by atoms with Crippen LogP contribution in [0.3, 0.4) is 0 Å². The van der Waals surface area contributed by atoms with Gasteiger partial charge in [0.05, 0.1) is 49.7 Å². The van der Waals surface area contributed by atoms with E-state index in [1.165, 1.54) is 11.8 Å². The highest BCUT2D eigenvalue weighted by atomic mass is 32.2. The van der Waals surface area contributed by atoms with Gasteiger partial charge in [0, 0.05) is 32.4 Å². The Kier molecular flexibility index (Phi) is 8.13. The first-order valence-corrected chi connectivity index (χ1v) is 15.1. The Morgan fingerprint density at radius 3 is 2.64 bits per heavy atom. The van der Waals surface area contributed by atoms with Crippen LogP contribution in [0.5, 0.6) is 5.75 Å². The molecule has 5 aliphatic heterocycles. The number of hydrogen-bond donors (Lipinski definition) is 1. The van der Waals surface area contributed by atoms with E-state index in [-0.39, 0.29) is 24.9 Å². The molecule has 212 valence electrons. The molecular formula is C28H39N5O5S. The van der Waals surface area contributed by atoms with E-state index in [1.807, 2.05) is 26.1 Å². The van der Waals surface area contributed by atoms with Gasteiger partial charge in [-0.1, -0.05) is 25.6 Å². The van der Waals surface area contributed by atoms with E-state index in [1.54, 1.807) is 6.20 Å². The summed E-state index contributed by atoms with van der Waals surface area (Å²) in [5.74, 6) is 2.44. The number of hydrogen-bond acceptors (Lipinski definition) is 11. The fourth-order valence-electron chi connectivity index (χ4n) is 6.15. The van der Waals surface area contributed by atoms with Gasteiger partial charge >= 0.3 is 0 Å². The minimum Gasteiger partial charge on any atom is -0.486 e. The number of rotatable bonds is 6. The molecule has 0 amide bonds. The number of aromatic nitrogens is 3. The van der Waals surface area contributed by atoms with Crippen LogP contribution in [0.15, 0.2) is 28.4 Å². The van der Waals surface area contributed by atoms with Crippen LogP contribution in [0, 0.1) is 5.41 Å². The number of nitrogens with zero attached hydrogens (tertiary/aromatic N) is 5. The Morgan fingerprint density at radius 1 is 1.08 bits per heavy atom. The van der Waals surface area contributed by atoms with Crippen LogP contribution in [0.25, 0.3) is 0 Å². The standard InChI is InChI=1S/C26H33N5O5S.C2H6/c32-12-20-24(30-6-2-26(3-7-30)4-8-33-16-26)28-10-22(29-20)37-21-1-5-27-25-23(21)35-13-17-9-18(11-31(17)25)36-19-14-34-15-19;1-2/h1,5,10,17-19,32H,2-4,6-9,11-16H2;1-2H3. The molecule has 4 saturated heterocycles. The molecule has 0 aliphatic carbocycles. The van der Waals surface area contributed by atoms with Gasteiger partial charge in [-0.25, -0.2) is 15.0 Å². The first kappa shape index (κ1) is 27.0. The lowest BCUT2D eigenvalue weighted by Gasteiger charge is -2.39. The fourth-order valence-corrected chi connectivity index (χ4v) is 7.00. The second-order valence-electron chi connectivity index (χ2n) is 10.8. The van der Waals surface area contributed by atoms with Gasteiger partial charge in [-0.15, -0.1) is 0 Å². The third-order valence-electron chi connectivity index (χ3n) is 8.38. The largest absolute Gasteiger partial charge is 0.486 e. The summed E-state index contributed by atoms with van der Waals surface area (Å²) in [5, 5.41) is 10.9. The van der Waals surface area contributed by atoms with Crippen molar-refractivity contribution in [3.05, 3.63) is 24.2 Å². The molecular weight excluding hydrogens is 518 g/mol. The second-order valence-corrected chi connectivity index (χ2v) is 11.8. The van der Waals surface area contributed by atoms with Crippen molar-refractivity contribution < 1.29 is 24.1 Å². The first-order valence-electron chi connectivity index (χ1n) is 14.3. The molecule has 39 heavy (non-hydrogen) atoms. The highest BCUT2D eigenvalue weighted by molar-refractivity contribution is 7.99. The van der Waals surface area contributed by atoms with Gasteiger partial charge in [-0.05, 0) is 37.2 Å². The van der Waals surface area contributed by atoms with E-state index in [9.17, 15) is 5.11 Å². The van der Waals surface area contributed by atoms with Gasteiger partial charge in [-0.2, -0.15) is 0 Å². The van der Waals surface area contributed by atoms with Gasteiger partial charge in [0.15, 0.2) is 17.4 Å². The Bertz CT molecular complexity index is 1140. The summed E-state index contributed by atoms with van der Waals surface area (Å²) in [7, 11) is 0. The summed E-state index contributed by atoms with van der Waals surface area (Å²) in [6, 6.07) is 2.23. The number of aliphatic hydroxyl groups is 1. The average molecular weight is 558 g/mol. The predicted molar refractivity (Wildman–Crippen MR) is 148 cm³/mol. The summed E-state index contributed by atoms with van der Waals surface area (Å²) in [6.45, 7) is 10.2. The summed E-state index contributed by atoms with van der Waals surface area (Å²) < 4.78 is 23.3. The van der Waals surface area contributed by atoms with E-state index < -0.39 is 0 Å².